The lowest BCUT2D eigenvalue weighted by atomic mass is 10.0. The molecule has 1 aliphatic carbocycles. The summed E-state index contributed by atoms with van der Waals surface area (Å²) in [6, 6.07) is 12.4. The highest BCUT2D eigenvalue weighted by atomic mass is 16.5. The van der Waals surface area contributed by atoms with Crippen LogP contribution in [0.1, 0.15) is 48.8 Å². The fourth-order valence-corrected chi connectivity index (χ4v) is 5.30. The summed E-state index contributed by atoms with van der Waals surface area (Å²) in [5.41, 5.74) is 2.69. The lowest BCUT2D eigenvalue weighted by Crippen LogP contribution is -2.47. The molecule has 2 aliphatic heterocycles. The molecular weight excluding hydrogens is 456 g/mol. The number of morpholine rings is 1. The van der Waals surface area contributed by atoms with Crippen molar-refractivity contribution in [2.75, 3.05) is 36.5 Å². The van der Waals surface area contributed by atoms with Crippen LogP contribution in [0.3, 0.4) is 0 Å². The van der Waals surface area contributed by atoms with Gasteiger partial charge in [0.25, 0.3) is 0 Å². The number of H-pyrrole nitrogens is 1. The average molecular weight is 489 g/mol. The summed E-state index contributed by atoms with van der Waals surface area (Å²) in [6.45, 7) is 9.45. The number of anilines is 3. The third-order valence-electron chi connectivity index (χ3n) is 7.45. The van der Waals surface area contributed by atoms with Gasteiger partial charge < -0.3 is 25.2 Å². The minimum atomic E-state index is -0.510. The van der Waals surface area contributed by atoms with Gasteiger partial charge in [0.1, 0.15) is 17.5 Å². The molecule has 0 radical (unpaired) electrons. The van der Waals surface area contributed by atoms with Gasteiger partial charge in [0.05, 0.1) is 31.0 Å². The molecule has 0 unspecified atom stereocenters. The summed E-state index contributed by atoms with van der Waals surface area (Å²) >= 11 is 0. The van der Waals surface area contributed by atoms with Crippen molar-refractivity contribution in [2.24, 2.45) is 0 Å². The Balaban J connectivity index is 1.17. The monoisotopic (exact) mass is 488 g/mol. The Labute approximate surface area is 210 Å². The van der Waals surface area contributed by atoms with Crippen LogP contribution in [-0.4, -0.2) is 63.4 Å². The van der Waals surface area contributed by atoms with E-state index < -0.39 is 5.54 Å². The molecule has 0 bridgehead atoms. The van der Waals surface area contributed by atoms with Crippen LogP contribution in [0.5, 0.6) is 0 Å². The van der Waals surface area contributed by atoms with Gasteiger partial charge in [-0.3, -0.25) is 5.10 Å². The van der Waals surface area contributed by atoms with Crippen LogP contribution in [0, 0.1) is 6.92 Å². The predicted octanol–water partition coefficient (Wildman–Crippen LogP) is 3.40. The Bertz CT molecular complexity index is 1270. The third kappa shape index (κ3) is 4.15. The number of nitrogens with zero attached hydrogens (tertiary/aromatic N) is 5. The molecule has 4 heterocycles. The molecule has 3 aromatic rings. The number of urea groups is 1. The highest BCUT2D eigenvalue weighted by molar-refractivity contribution is 5.78. The Morgan fingerprint density at radius 1 is 1.17 bits per heavy atom. The zero-order chi connectivity index (χ0) is 24.9. The van der Waals surface area contributed by atoms with Crippen LogP contribution in [0.25, 0.3) is 0 Å². The molecule has 2 atom stereocenters. The van der Waals surface area contributed by atoms with Crippen molar-refractivity contribution in [2.45, 2.75) is 51.2 Å². The number of carbonyl (C=O) groups is 1. The molecule has 2 fully saturated rings. The average Bonchev–Trinajstić information content (AvgIpc) is 3.43. The number of aryl methyl sites for hydroxylation is 1. The Morgan fingerprint density at radius 2 is 1.94 bits per heavy atom. The standard InChI is InChI=1S/C26H32N8O2/c1-16-27-21(14-22(28-16)33-9-11-36-12-10-33)30-24-19-15-34(26(2,3)23(19)31-32-24)25(35)29-20-13-18(20)17-7-5-4-6-8-17/h4-8,14,18,20H,9-13,15H2,1-3H3,(H,29,35)(H2,27,28,30,31,32)/t18-,20+/m0/s1. The first kappa shape index (κ1) is 22.8. The van der Waals surface area contributed by atoms with Crippen LogP contribution in [-0.2, 0) is 16.8 Å². The molecule has 188 valence electrons. The topological polar surface area (TPSA) is 111 Å². The number of aromatic amines is 1. The Kier molecular flexibility index (Phi) is 5.55. The van der Waals surface area contributed by atoms with Crippen LogP contribution >= 0.6 is 0 Å². The van der Waals surface area contributed by atoms with Crippen molar-refractivity contribution in [1.82, 2.24) is 30.4 Å². The summed E-state index contributed by atoms with van der Waals surface area (Å²) < 4.78 is 5.47. The van der Waals surface area contributed by atoms with Crippen molar-refractivity contribution in [3.05, 3.63) is 59.0 Å². The number of ether oxygens (including phenoxy) is 1. The third-order valence-corrected chi connectivity index (χ3v) is 7.45. The lowest BCUT2D eigenvalue weighted by Gasteiger charge is -2.32. The van der Waals surface area contributed by atoms with Crippen molar-refractivity contribution in [3.8, 4) is 0 Å². The van der Waals surface area contributed by atoms with Gasteiger partial charge in [0.2, 0.25) is 0 Å². The SMILES string of the molecule is Cc1nc(Nc2n[nH]c3c2CN(C(=O)N[C@@H]2C[C@H]2c2ccccc2)C3(C)C)cc(N2CCOCC2)n1. The van der Waals surface area contributed by atoms with Gasteiger partial charge in [-0.1, -0.05) is 30.3 Å². The molecule has 0 spiro atoms. The summed E-state index contributed by atoms with van der Waals surface area (Å²) in [5.74, 6) is 3.32. The second-order valence-electron chi connectivity index (χ2n) is 10.3. The normalized spacial score (nSPS) is 22.3. The van der Waals surface area contributed by atoms with E-state index in [0.717, 1.165) is 36.6 Å². The maximum Gasteiger partial charge on any atom is 0.318 e. The maximum absolute atomic E-state index is 13.3. The van der Waals surface area contributed by atoms with E-state index >= 15 is 0 Å². The minimum absolute atomic E-state index is 0.0496. The van der Waals surface area contributed by atoms with E-state index in [2.05, 4.69) is 47.8 Å². The van der Waals surface area contributed by atoms with Crippen molar-refractivity contribution >= 4 is 23.5 Å². The first-order chi connectivity index (χ1) is 17.4. The van der Waals surface area contributed by atoms with Gasteiger partial charge in [-0.15, -0.1) is 0 Å². The van der Waals surface area contributed by atoms with Crippen molar-refractivity contribution in [3.63, 3.8) is 0 Å². The van der Waals surface area contributed by atoms with Crippen LogP contribution in [0.2, 0.25) is 0 Å². The van der Waals surface area contributed by atoms with Crippen LogP contribution in [0.15, 0.2) is 36.4 Å². The molecule has 2 amide bonds. The zero-order valence-corrected chi connectivity index (χ0v) is 20.9. The fraction of sp³-hybridized carbons (Fsp3) is 0.462. The van der Waals surface area contributed by atoms with E-state index in [-0.39, 0.29) is 12.1 Å². The van der Waals surface area contributed by atoms with Gasteiger partial charge in [-0.05, 0) is 32.8 Å². The highest BCUT2D eigenvalue weighted by Crippen LogP contribution is 2.43. The molecule has 10 heteroatoms. The van der Waals surface area contributed by atoms with Gasteiger partial charge in [-0.25, -0.2) is 14.8 Å². The number of amides is 2. The van der Waals surface area contributed by atoms with E-state index in [4.69, 9.17) is 4.74 Å². The predicted molar refractivity (Wildman–Crippen MR) is 136 cm³/mol. The van der Waals surface area contributed by atoms with Gasteiger partial charge >= 0.3 is 6.03 Å². The van der Waals surface area contributed by atoms with Crippen LogP contribution < -0.4 is 15.5 Å². The summed E-state index contributed by atoms with van der Waals surface area (Å²) in [7, 11) is 0. The molecule has 1 aromatic carbocycles. The Hall–Kier alpha value is -3.66. The molecule has 10 nitrogen and oxygen atoms in total. The number of hydrogen-bond acceptors (Lipinski definition) is 7. The summed E-state index contributed by atoms with van der Waals surface area (Å²) in [5, 5.41) is 14.3. The smallest absolute Gasteiger partial charge is 0.318 e. The quantitative estimate of drug-likeness (QED) is 0.505. The molecule has 2 aromatic heterocycles. The molecule has 36 heavy (non-hydrogen) atoms. The minimum Gasteiger partial charge on any atom is -0.378 e. The van der Waals surface area contributed by atoms with Crippen molar-refractivity contribution in [1.29, 1.82) is 0 Å². The first-order valence-electron chi connectivity index (χ1n) is 12.6. The number of rotatable bonds is 5. The number of nitrogens with one attached hydrogen (secondary N) is 3. The Morgan fingerprint density at radius 3 is 2.72 bits per heavy atom. The number of benzene rings is 1. The van der Waals surface area contributed by atoms with Gasteiger partial charge in [0.15, 0.2) is 5.82 Å². The maximum atomic E-state index is 13.3. The molecule has 6 rings (SSSR count). The van der Waals surface area contributed by atoms with E-state index in [1.807, 2.05) is 49.9 Å². The summed E-state index contributed by atoms with van der Waals surface area (Å²) in [6.07, 6.45) is 0.974. The zero-order valence-electron chi connectivity index (χ0n) is 20.9. The van der Waals surface area contributed by atoms with Crippen molar-refractivity contribution < 1.29 is 9.53 Å². The molecule has 3 N–H and O–H groups in total. The fourth-order valence-electron chi connectivity index (χ4n) is 5.30. The number of aromatic nitrogens is 4. The number of hydrogen-bond donors (Lipinski definition) is 3. The molecule has 1 saturated heterocycles. The van der Waals surface area contributed by atoms with Gasteiger partial charge in [0, 0.05) is 36.7 Å². The molecule has 1 saturated carbocycles. The largest absolute Gasteiger partial charge is 0.378 e. The number of carbonyl (C=O) groups excluding carboxylic acids is 1. The molecular formula is C26H32N8O2. The van der Waals surface area contributed by atoms with E-state index in [0.29, 0.717) is 43.1 Å². The number of fused-ring (bicyclic) bond motifs is 1. The summed E-state index contributed by atoms with van der Waals surface area (Å²) in [4.78, 5) is 26.6. The van der Waals surface area contributed by atoms with E-state index in [1.54, 1.807) is 0 Å². The first-order valence-corrected chi connectivity index (χ1v) is 12.6. The second-order valence-corrected chi connectivity index (χ2v) is 10.3. The molecule has 3 aliphatic rings. The second kappa shape index (κ2) is 8.77. The van der Waals surface area contributed by atoms with E-state index in [9.17, 15) is 4.79 Å². The lowest BCUT2D eigenvalue weighted by molar-refractivity contribution is 0.122. The van der Waals surface area contributed by atoms with Crippen LogP contribution in [0.4, 0.5) is 22.2 Å². The highest BCUT2D eigenvalue weighted by Gasteiger charge is 2.46. The van der Waals surface area contributed by atoms with E-state index in [1.165, 1.54) is 5.56 Å². The van der Waals surface area contributed by atoms with Gasteiger partial charge in [-0.2, -0.15) is 5.10 Å².